The van der Waals surface area contributed by atoms with E-state index in [-0.39, 0.29) is 17.2 Å². The molecular formula is C16H24N4O4. The van der Waals surface area contributed by atoms with E-state index >= 15 is 0 Å². The summed E-state index contributed by atoms with van der Waals surface area (Å²) in [5, 5.41) is 7.83. The molecule has 0 aliphatic rings. The van der Waals surface area contributed by atoms with Gasteiger partial charge >= 0.3 is 6.03 Å². The fourth-order valence-electron chi connectivity index (χ4n) is 1.86. The lowest BCUT2D eigenvalue weighted by Crippen LogP contribution is -2.51. The van der Waals surface area contributed by atoms with Crippen LogP contribution in [0.3, 0.4) is 0 Å². The summed E-state index contributed by atoms with van der Waals surface area (Å²) in [6.07, 6.45) is 0. The van der Waals surface area contributed by atoms with Crippen molar-refractivity contribution in [3.63, 3.8) is 0 Å². The predicted octanol–water partition coefficient (Wildman–Crippen LogP) is 1.22. The molecule has 8 heteroatoms. The first-order valence-corrected chi connectivity index (χ1v) is 7.41. The summed E-state index contributed by atoms with van der Waals surface area (Å²) >= 11 is 0. The monoisotopic (exact) mass is 336 g/mol. The summed E-state index contributed by atoms with van der Waals surface area (Å²) in [6.45, 7) is 7.10. The fraction of sp³-hybridized carbons (Fsp3) is 0.438. The summed E-state index contributed by atoms with van der Waals surface area (Å²) in [5.41, 5.74) is 5.32. The van der Waals surface area contributed by atoms with E-state index in [1.165, 1.54) is 25.3 Å². The lowest BCUT2D eigenvalue weighted by Gasteiger charge is -2.23. The van der Waals surface area contributed by atoms with Crippen LogP contribution >= 0.6 is 0 Å². The number of benzene rings is 1. The van der Waals surface area contributed by atoms with E-state index in [4.69, 9.17) is 10.5 Å². The van der Waals surface area contributed by atoms with E-state index in [1.54, 1.807) is 6.92 Å². The minimum Gasteiger partial charge on any atom is -0.495 e. The molecule has 0 aliphatic heterocycles. The van der Waals surface area contributed by atoms with Gasteiger partial charge in [-0.05, 0) is 45.9 Å². The van der Waals surface area contributed by atoms with Crippen LogP contribution in [0.25, 0.3) is 0 Å². The quantitative estimate of drug-likeness (QED) is 0.645. The first kappa shape index (κ1) is 19.3. The zero-order valence-corrected chi connectivity index (χ0v) is 14.5. The molecule has 0 aromatic heterocycles. The van der Waals surface area contributed by atoms with E-state index in [0.717, 1.165) is 0 Å². The van der Waals surface area contributed by atoms with Crippen LogP contribution in [0.5, 0.6) is 5.75 Å². The summed E-state index contributed by atoms with van der Waals surface area (Å²) in [4.78, 5) is 35.3. The number of anilines is 1. The van der Waals surface area contributed by atoms with Gasteiger partial charge in [0.1, 0.15) is 11.8 Å². The molecule has 0 fully saturated rings. The number of urea groups is 1. The van der Waals surface area contributed by atoms with Crippen LogP contribution in [0.2, 0.25) is 0 Å². The Morgan fingerprint density at radius 2 is 1.83 bits per heavy atom. The van der Waals surface area contributed by atoms with Gasteiger partial charge in [-0.25, -0.2) is 4.79 Å². The number of hydrogen-bond donors (Lipinski definition) is 4. The topological polar surface area (TPSA) is 123 Å². The van der Waals surface area contributed by atoms with Crippen molar-refractivity contribution in [2.45, 2.75) is 39.3 Å². The van der Waals surface area contributed by atoms with Crippen molar-refractivity contribution in [1.29, 1.82) is 0 Å². The second-order valence-electron chi connectivity index (χ2n) is 6.34. The number of nitrogens with one attached hydrogen (secondary N) is 3. The number of rotatable bonds is 5. The molecule has 0 heterocycles. The summed E-state index contributed by atoms with van der Waals surface area (Å²) < 4.78 is 5.13. The van der Waals surface area contributed by atoms with Crippen molar-refractivity contribution < 1.29 is 19.1 Å². The van der Waals surface area contributed by atoms with Gasteiger partial charge in [0, 0.05) is 11.1 Å². The molecule has 5 N–H and O–H groups in total. The van der Waals surface area contributed by atoms with Gasteiger partial charge in [0.2, 0.25) is 11.8 Å². The van der Waals surface area contributed by atoms with Gasteiger partial charge in [0.25, 0.3) is 0 Å². The summed E-state index contributed by atoms with van der Waals surface area (Å²) in [5.74, 6) is -0.573. The van der Waals surface area contributed by atoms with Gasteiger partial charge in [-0.15, -0.1) is 0 Å². The minimum atomic E-state index is -0.741. The third-order valence-electron chi connectivity index (χ3n) is 2.97. The van der Waals surface area contributed by atoms with Crippen molar-refractivity contribution in [2.24, 2.45) is 5.73 Å². The molecule has 0 aliphatic carbocycles. The molecule has 0 radical (unpaired) electrons. The molecule has 0 bridgehead atoms. The number of nitrogens with two attached hydrogens (primary N) is 1. The molecule has 1 aromatic carbocycles. The number of carbonyl (C=O) groups is 3. The van der Waals surface area contributed by atoms with Gasteiger partial charge in [-0.1, -0.05) is 0 Å². The molecule has 8 nitrogen and oxygen atoms in total. The zero-order valence-electron chi connectivity index (χ0n) is 14.5. The normalized spacial score (nSPS) is 12.0. The molecule has 1 atom stereocenters. The minimum absolute atomic E-state index is 0.227. The molecule has 1 aromatic rings. The lowest BCUT2D eigenvalue weighted by molar-refractivity contribution is -0.123. The van der Waals surface area contributed by atoms with E-state index in [1.807, 2.05) is 20.8 Å². The zero-order chi connectivity index (χ0) is 18.5. The van der Waals surface area contributed by atoms with Crippen molar-refractivity contribution in [1.82, 2.24) is 10.6 Å². The third kappa shape index (κ3) is 5.79. The van der Waals surface area contributed by atoms with E-state index in [0.29, 0.717) is 5.75 Å². The Kier molecular flexibility index (Phi) is 6.16. The molecule has 24 heavy (non-hydrogen) atoms. The van der Waals surface area contributed by atoms with E-state index in [2.05, 4.69) is 16.0 Å². The Morgan fingerprint density at radius 1 is 1.21 bits per heavy atom. The highest BCUT2D eigenvalue weighted by molar-refractivity contribution is 5.98. The number of amides is 4. The molecular weight excluding hydrogens is 312 g/mol. The predicted molar refractivity (Wildman–Crippen MR) is 91.0 cm³/mol. The van der Waals surface area contributed by atoms with Crippen molar-refractivity contribution in [3.8, 4) is 5.75 Å². The number of primary amides is 1. The molecule has 132 valence electrons. The standard InChI is InChI=1S/C16H24N4O4/c1-9(14(22)20-16(2,3)4)18-15(23)19-11-8-10(13(17)21)6-7-12(11)24-5/h6-9H,1-5H3,(H2,17,21)(H,20,22)(H2,18,19,23)/t9-/m0/s1. The Hall–Kier alpha value is -2.77. The highest BCUT2D eigenvalue weighted by Gasteiger charge is 2.21. The average Bonchev–Trinajstić information content (AvgIpc) is 2.45. The van der Waals surface area contributed by atoms with Crippen LogP contribution in [0.15, 0.2) is 18.2 Å². The van der Waals surface area contributed by atoms with Gasteiger partial charge in [-0.3, -0.25) is 9.59 Å². The summed E-state index contributed by atoms with van der Waals surface area (Å²) in [7, 11) is 1.43. The van der Waals surface area contributed by atoms with Crippen molar-refractivity contribution in [3.05, 3.63) is 23.8 Å². The number of ether oxygens (including phenoxy) is 1. The van der Waals surface area contributed by atoms with Crippen LogP contribution in [0.4, 0.5) is 10.5 Å². The van der Waals surface area contributed by atoms with Crippen LogP contribution < -0.4 is 26.4 Å². The molecule has 1 rings (SSSR count). The van der Waals surface area contributed by atoms with E-state index < -0.39 is 23.5 Å². The van der Waals surface area contributed by atoms with Gasteiger partial charge in [-0.2, -0.15) is 0 Å². The number of methoxy groups -OCH3 is 1. The second-order valence-corrected chi connectivity index (χ2v) is 6.34. The maximum atomic E-state index is 12.1. The Labute approximate surface area is 141 Å². The van der Waals surface area contributed by atoms with Gasteiger partial charge in [0.05, 0.1) is 12.8 Å². The molecule has 0 saturated carbocycles. The highest BCUT2D eigenvalue weighted by Crippen LogP contribution is 2.25. The van der Waals surface area contributed by atoms with Crippen LogP contribution in [0, 0.1) is 0 Å². The van der Waals surface area contributed by atoms with Gasteiger partial charge in [0.15, 0.2) is 0 Å². The molecule has 0 saturated heterocycles. The maximum absolute atomic E-state index is 12.1. The Balaban J connectivity index is 2.79. The van der Waals surface area contributed by atoms with Crippen LogP contribution in [-0.4, -0.2) is 36.5 Å². The summed E-state index contributed by atoms with van der Waals surface area (Å²) in [6, 6.07) is 3.07. The van der Waals surface area contributed by atoms with Crippen LogP contribution in [0.1, 0.15) is 38.1 Å². The number of carbonyl (C=O) groups excluding carboxylic acids is 3. The first-order valence-electron chi connectivity index (χ1n) is 7.41. The van der Waals surface area contributed by atoms with Crippen molar-refractivity contribution in [2.75, 3.05) is 12.4 Å². The fourth-order valence-corrected chi connectivity index (χ4v) is 1.86. The third-order valence-corrected chi connectivity index (χ3v) is 2.97. The van der Waals surface area contributed by atoms with Gasteiger partial charge < -0.3 is 26.4 Å². The molecule has 0 spiro atoms. The highest BCUT2D eigenvalue weighted by atomic mass is 16.5. The average molecular weight is 336 g/mol. The second kappa shape index (κ2) is 7.67. The smallest absolute Gasteiger partial charge is 0.319 e. The van der Waals surface area contributed by atoms with Crippen molar-refractivity contribution >= 4 is 23.5 Å². The Bertz CT molecular complexity index is 637. The van der Waals surface area contributed by atoms with E-state index in [9.17, 15) is 14.4 Å². The molecule has 0 unspecified atom stereocenters. The van der Waals surface area contributed by atoms with Crippen LogP contribution in [-0.2, 0) is 4.79 Å². The first-order chi connectivity index (χ1) is 11.0. The number of hydrogen-bond acceptors (Lipinski definition) is 4. The molecule has 4 amide bonds. The SMILES string of the molecule is COc1ccc(C(N)=O)cc1NC(=O)N[C@@H](C)C(=O)NC(C)(C)C. The largest absolute Gasteiger partial charge is 0.495 e. The lowest BCUT2D eigenvalue weighted by atomic mass is 10.1. The maximum Gasteiger partial charge on any atom is 0.319 e. The Morgan fingerprint density at radius 3 is 2.33 bits per heavy atom.